The Balaban J connectivity index is 1.19. The van der Waals surface area contributed by atoms with Gasteiger partial charge in [-0.2, -0.15) is 18.3 Å². The summed E-state index contributed by atoms with van der Waals surface area (Å²) in [4.78, 5) is 24.1. The molecule has 1 saturated heterocycles. The maximum absolute atomic E-state index is 14.3. The van der Waals surface area contributed by atoms with Crippen LogP contribution >= 0.6 is 0 Å². The number of rotatable bonds is 7. The molecule has 1 N–H and O–H groups in total. The summed E-state index contributed by atoms with van der Waals surface area (Å²) in [6.45, 7) is 3.69. The molecule has 40 heavy (non-hydrogen) atoms. The predicted octanol–water partition coefficient (Wildman–Crippen LogP) is 4.57. The summed E-state index contributed by atoms with van der Waals surface area (Å²) >= 11 is 0. The minimum atomic E-state index is -4.48. The molecule has 1 aliphatic heterocycles. The quantitative estimate of drug-likeness (QED) is 0.430. The number of aromatic nitrogens is 4. The zero-order valence-electron chi connectivity index (χ0n) is 21.5. The number of nitrogens with zero attached hydrogens (tertiary/aromatic N) is 5. The van der Waals surface area contributed by atoms with Crippen LogP contribution in [0.2, 0.25) is 0 Å². The van der Waals surface area contributed by atoms with Crippen LogP contribution in [-0.2, 0) is 24.1 Å². The highest BCUT2D eigenvalue weighted by atomic mass is 19.4. The summed E-state index contributed by atoms with van der Waals surface area (Å²) in [6.07, 6.45) is 1.07. The average molecular weight is 557 g/mol. The van der Waals surface area contributed by atoms with Gasteiger partial charge in [-0.1, -0.05) is 43.3 Å². The molecule has 12 heteroatoms. The number of aromatic amines is 1. The second-order valence-electron chi connectivity index (χ2n) is 10.2. The number of H-pyrrole nitrogens is 1. The minimum absolute atomic E-state index is 0.266. The highest BCUT2D eigenvalue weighted by Crippen LogP contribution is 2.63. The Bertz CT molecular complexity index is 1550. The molecule has 0 spiro atoms. The van der Waals surface area contributed by atoms with Crippen molar-refractivity contribution in [2.24, 2.45) is 0 Å². The first-order valence-corrected chi connectivity index (χ1v) is 12.9. The fourth-order valence-electron chi connectivity index (χ4n) is 5.62. The van der Waals surface area contributed by atoms with E-state index in [2.05, 4.69) is 37.2 Å². The molecule has 7 nitrogen and oxygen atoms in total. The van der Waals surface area contributed by atoms with Gasteiger partial charge in [-0.05, 0) is 28.3 Å². The van der Waals surface area contributed by atoms with Crippen LogP contribution in [0, 0.1) is 0 Å². The molecule has 3 aliphatic rings. The Morgan fingerprint density at radius 2 is 1.65 bits per heavy atom. The first-order chi connectivity index (χ1) is 19.0. The molecule has 2 aliphatic carbocycles. The van der Waals surface area contributed by atoms with Gasteiger partial charge in [0.25, 0.3) is 11.5 Å². The topological polar surface area (TPSA) is 78.0 Å². The Hall–Kier alpha value is -3.93. The third-order valence-corrected chi connectivity index (χ3v) is 7.85. The summed E-state index contributed by atoms with van der Waals surface area (Å²) in [5, 5.41) is 6.20. The van der Waals surface area contributed by atoms with E-state index in [-0.39, 0.29) is 17.9 Å². The highest BCUT2D eigenvalue weighted by Gasteiger charge is 2.59. The van der Waals surface area contributed by atoms with E-state index in [9.17, 15) is 26.7 Å². The van der Waals surface area contributed by atoms with Crippen LogP contribution in [0.4, 0.5) is 27.9 Å². The summed E-state index contributed by atoms with van der Waals surface area (Å²) in [5.41, 5.74) is 1.95. The van der Waals surface area contributed by atoms with E-state index in [1.807, 2.05) is 29.2 Å². The number of anilines is 1. The molecule has 0 bridgehead atoms. The first kappa shape index (κ1) is 26.3. The molecule has 1 aromatic carbocycles. The molecule has 0 amide bonds. The fourth-order valence-corrected chi connectivity index (χ4v) is 5.62. The predicted molar refractivity (Wildman–Crippen MR) is 137 cm³/mol. The number of benzene rings is 1. The lowest BCUT2D eigenvalue weighted by Gasteiger charge is -2.41. The fraction of sp³-hybridized carbons (Fsp3) is 0.357. The van der Waals surface area contributed by atoms with Gasteiger partial charge < -0.3 is 4.90 Å². The number of alkyl halides is 5. The summed E-state index contributed by atoms with van der Waals surface area (Å²) < 4.78 is 67.2. The second-order valence-corrected chi connectivity index (χ2v) is 10.2. The van der Waals surface area contributed by atoms with E-state index in [0.717, 1.165) is 23.5 Å². The van der Waals surface area contributed by atoms with Crippen LogP contribution in [-0.4, -0.2) is 51.2 Å². The van der Waals surface area contributed by atoms with Gasteiger partial charge in [0, 0.05) is 51.4 Å². The first-order valence-electron chi connectivity index (χ1n) is 12.9. The molecular weight excluding hydrogens is 531 g/mol. The van der Waals surface area contributed by atoms with Crippen molar-refractivity contribution in [1.29, 1.82) is 0 Å². The number of hydrogen-bond acceptors (Lipinski definition) is 6. The van der Waals surface area contributed by atoms with Gasteiger partial charge in [0.1, 0.15) is 0 Å². The van der Waals surface area contributed by atoms with Crippen molar-refractivity contribution in [3.63, 3.8) is 0 Å². The maximum Gasteiger partial charge on any atom is 0.419 e. The van der Waals surface area contributed by atoms with Crippen LogP contribution in [0.5, 0.6) is 0 Å². The molecule has 0 unspecified atom stereocenters. The van der Waals surface area contributed by atoms with Gasteiger partial charge in [-0.25, -0.2) is 23.8 Å². The normalized spacial score (nSPS) is 18.5. The zero-order chi connectivity index (χ0) is 28.3. The largest absolute Gasteiger partial charge is 0.419 e. The molecule has 0 atom stereocenters. The van der Waals surface area contributed by atoms with E-state index in [0.29, 0.717) is 31.9 Å². The Morgan fingerprint density at radius 3 is 2.25 bits per heavy atom. The van der Waals surface area contributed by atoms with Crippen LogP contribution in [0.15, 0.2) is 70.8 Å². The summed E-state index contributed by atoms with van der Waals surface area (Å²) in [6, 6.07) is 9.07. The SMILES string of the molecule is CCC(F)(F)c1cc(Cc2cccc(C3(N4CCN(c5ncc(C(F)(F)F)cn5)CC4)C4=C3C=C4)c2)n[nH]c1=O. The lowest BCUT2D eigenvalue weighted by molar-refractivity contribution is -0.138. The maximum atomic E-state index is 14.3. The van der Waals surface area contributed by atoms with Crippen LogP contribution < -0.4 is 10.5 Å². The van der Waals surface area contributed by atoms with E-state index >= 15 is 0 Å². The van der Waals surface area contributed by atoms with Crippen molar-refractivity contribution in [2.45, 2.75) is 37.4 Å². The molecule has 0 saturated carbocycles. The van der Waals surface area contributed by atoms with Gasteiger partial charge in [0.2, 0.25) is 5.95 Å². The lowest BCUT2D eigenvalue weighted by Crippen LogP contribution is -2.52. The van der Waals surface area contributed by atoms with E-state index in [4.69, 9.17) is 0 Å². The second kappa shape index (κ2) is 9.33. The molecular formula is C28H25F5N6O. The Kier molecular flexibility index (Phi) is 6.13. The number of piperazine rings is 1. The minimum Gasteiger partial charge on any atom is -0.338 e. The molecule has 3 aromatic rings. The molecule has 2 aromatic heterocycles. The van der Waals surface area contributed by atoms with Crippen LogP contribution in [0.3, 0.4) is 0 Å². The number of hydrogen-bond donors (Lipinski definition) is 1. The van der Waals surface area contributed by atoms with E-state index < -0.39 is 35.2 Å². The zero-order valence-corrected chi connectivity index (χ0v) is 21.5. The third kappa shape index (κ3) is 4.30. The smallest absolute Gasteiger partial charge is 0.338 e. The molecule has 0 radical (unpaired) electrons. The van der Waals surface area contributed by atoms with Crippen molar-refractivity contribution < 1.29 is 22.0 Å². The molecule has 6 rings (SSSR count). The van der Waals surface area contributed by atoms with Gasteiger partial charge >= 0.3 is 6.18 Å². The summed E-state index contributed by atoms with van der Waals surface area (Å²) in [7, 11) is 0. The third-order valence-electron chi connectivity index (χ3n) is 7.85. The monoisotopic (exact) mass is 556 g/mol. The molecule has 1 fully saturated rings. The van der Waals surface area contributed by atoms with Gasteiger partial charge in [-0.3, -0.25) is 9.69 Å². The van der Waals surface area contributed by atoms with Gasteiger partial charge in [0.05, 0.1) is 22.4 Å². The lowest BCUT2D eigenvalue weighted by atomic mass is 9.93. The van der Waals surface area contributed by atoms with E-state index in [1.165, 1.54) is 24.1 Å². The van der Waals surface area contributed by atoms with Gasteiger partial charge in [-0.15, -0.1) is 0 Å². The summed E-state index contributed by atoms with van der Waals surface area (Å²) in [5.74, 6) is -2.97. The van der Waals surface area contributed by atoms with Crippen LogP contribution in [0.25, 0.3) is 0 Å². The van der Waals surface area contributed by atoms with Crippen molar-refractivity contribution in [1.82, 2.24) is 25.1 Å². The van der Waals surface area contributed by atoms with Crippen molar-refractivity contribution in [3.8, 4) is 0 Å². The standard InChI is InChI=1S/C28H25F5N6O/c1-2-26(29,30)23-14-20(36-37-24(23)40)13-17-4-3-5-18(12-17)27(21-6-7-22(21)27)39-10-8-38(9-11-39)25-34-15-19(16-35-25)28(31,32)33/h3-7,12,14-16H,2,8-11,13H2,1H3,(H,37,40). The van der Waals surface area contributed by atoms with E-state index in [1.54, 1.807) is 0 Å². The Labute approximate surface area is 226 Å². The number of nitrogens with one attached hydrogen (secondary N) is 1. The average Bonchev–Trinajstić information content (AvgIpc) is 3.44. The highest BCUT2D eigenvalue weighted by molar-refractivity contribution is 5.77. The van der Waals surface area contributed by atoms with Crippen molar-refractivity contribution in [3.05, 3.63) is 104 Å². The number of halogens is 5. The van der Waals surface area contributed by atoms with Gasteiger partial charge in [0.15, 0.2) is 0 Å². The molecule has 3 heterocycles. The molecule has 208 valence electrons. The van der Waals surface area contributed by atoms with Crippen molar-refractivity contribution >= 4 is 5.95 Å². The van der Waals surface area contributed by atoms with Crippen LogP contribution in [0.1, 0.15) is 41.3 Å². The Morgan fingerprint density at radius 1 is 0.975 bits per heavy atom. The van der Waals surface area contributed by atoms with Crippen molar-refractivity contribution in [2.75, 3.05) is 31.1 Å².